The summed E-state index contributed by atoms with van der Waals surface area (Å²) in [6.07, 6.45) is 1.45. The van der Waals surface area contributed by atoms with Crippen LogP contribution in [0.5, 0.6) is 0 Å². The normalized spacial score (nSPS) is 27.5. The summed E-state index contributed by atoms with van der Waals surface area (Å²) in [5.41, 5.74) is 1.39. The number of benzene rings is 1. The van der Waals surface area contributed by atoms with E-state index in [-0.39, 0.29) is 25.3 Å². The van der Waals surface area contributed by atoms with E-state index in [0.717, 1.165) is 12.0 Å². The minimum atomic E-state index is -3.09. The van der Waals surface area contributed by atoms with Crippen molar-refractivity contribution in [3.8, 4) is 6.07 Å². The fourth-order valence-corrected chi connectivity index (χ4v) is 5.85. The zero-order chi connectivity index (χ0) is 26.0. The van der Waals surface area contributed by atoms with E-state index >= 15 is 0 Å². The van der Waals surface area contributed by atoms with Gasteiger partial charge in [0, 0.05) is 35.6 Å². The predicted molar refractivity (Wildman–Crippen MR) is 129 cm³/mol. The molecule has 3 aliphatic heterocycles. The SMILES string of the molecule is Cc1c(Cl)cccc1NCC(=O)N1[C@H]2CC[C@@H]([C@@H]1C(=O)N[C@H](C#N)C[C@@H]1CCCNC1=O)C(F)(F)C2. The molecule has 5 atom stereocenters. The first-order chi connectivity index (χ1) is 17.1. The smallest absolute Gasteiger partial charge is 0.255 e. The van der Waals surface area contributed by atoms with E-state index in [1.807, 2.05) is 6.07 Å². The summed E-state index contributed by atoms with van der Waals surface area (Å²) < 4.78 is 29.7. The maximum atomic E-state index is 14.9. The van der Waals surface area contributed by atoms with Crippen molar-refractivity contribution >= 4 is 35.0 Å². The van der Waals surface area contributed by atoms with Crippen molar-refractivity contribution in [2.75, 3.05) is 18.4 Å². The lowest BCUT2D eigenvalue weighted by molar-refractivity contribution is -0.193. The lowest BCUT2D eigenvalue weighted by Crippen LogP contribution is -2.69. The van der Waals surface area contributed by atoms with Crippen molar-refractivity contribution in [2.24, 2.45) is 11.8 Å². The van der Waals surface area contributed by atoms with Gasteiger partial charge in [-0.15, -0.1) is 0 Å². The maximum absolute atomic E-state index is 14.9. The molecule has 0 radical (unpaired) electrons. The van der Waals surface area contributed by atoms with Gasteiger partial charge in [0.1, 0.15) is 12.1 Å². The number of amides is 3. The zero-order valence-corrected chi connectivity index (χ0v) is 20.8. The molecule has 0 aromatic heterocycles. The summed E-state index contributed by atoms with van der Waals surface area (Å²) in [6, 6.07) is 4.00. The first-order valence-corrected chi connectivity index (χ1v) is 12.7. The summed E-state index contributed by atoms with van der Waals surface area (Å²) in [5, 5.41) is 18.4. The van der Waals surface area contributed by atoms with Gasteiger partial charge >= 0.3 is 0 Å². The quantitative estimate of drug-likeness (QED) is 0.510. The Labute approximate surface area is 213 Å². The van der Waals surface area contributed by atoms with Crippen LogP contribution in [0.25, 0.3) is 0 Å². The van der Waals surface area contributed by atoms with Crippen LogP contribution in [-0.4, -0.2) is 59.8 Å². The molecule has 4 aliphatic rings. The lowest BCUT2D eigenvalue weighted by Gasteiger charge is -2.53. The van der Waals surface area contributed by atoms with E-state index in [2.05, 4.69) is 16.0 Å². The number of carbonyl (C=O) groups excluding carboxylic acids is 3. The highest BCUT2D eigenvalue weighted by Gasteiger charge is 2.60. The average molecular weight is 522 g/mol. The number of nitrogens with one attached hydrogen (secondary N) is 3. The van der Waals surface area contributed by atoms with Gasteiger partial charge < -0.3 is 20.9 Å². The molecule has 1 saturated carbocycles. The number of nitrogens with zero attached hydrogens (tertiary/aromatic N) is 2. The van der Waals surface area contributed by atoms with Crippen LogP contribution >= 0.6 is 11.6 Å². The molecule has 1 aliphatic carbocycles. The maximum Gasteiger partial charge on any atom is 0.255 e. The Kier molecular flexibility index (Phi) is 7.69. The van der Waals surface area contributed by atoms with Crippen LogP contribution in [-0.2, 0) is 14.4 Å². The van der Waals surface area contributed by atoms with Crippen molar-refractivity contribution in [1.82, 2.24) is 15.5 Å². The van der Waals surface area contributed by atoms with Gasteiger partial charge in [-0.1, -0.05) is 17.7 Å². The number of fused-ring (bicyclic) bond motifs is 3. The van der Waals surface area contributed by atoms with E-state index in [0.29, 0.717) is 30.1 Å². The number of carbonyl (C=O) groups is 3. The van der Waals surface area contributed by atoms with Gasteiger partial charge in [-0.05, 0) is 56.7 Å². The summed E-state index contributed by atoms with van der Waals surface area (Å²) in [6.45, 7) is 2.17. The number of piperidine rings is 3. The van der Waals surface area contributed by atoms with Crippen molar-refractivity contribution < 1.29 is 23.2 Å². The topological polar surface area (TPSA) is 114 Å². The largest absolute Gasteiger partial charge is 0.376 e. The Morgan fingerprint density at radius 3 is 2.81 bits per heavy atom. The van der Waals surface area contributed by atoms with Gasteiger partial charge in [-0.25, -0.2) is 8.78 Å². The molecular formula is C25H30ClF2N5O3. The number of hydrogen-bond acceptors (Lipinski definition) is 5. The van der Waals surface area contributed by atoms with E-state index in [4.69, 9.17) is 11.6 Å². The molecule has 194 valence electrons. The molecule has 0 unspecified atom stereocenters. The minimum Gasteiger partial charge on any atom is -0.376 e. The van der Waals surface area contributed by atoms with Crippen LogP contribution in [0.1, 0.15) is 44.1 Å². The van der Waals surface area contributed by atoms with Crippen LogP contribution in [0.2, 0.25) is 5.02 Å². The molecule has 11 heteroatoms. The first-order valence-electron chi connectivity index (χ1n) is 12.3. The lowest BCUT2D eigenvalue weighted by atomic mass is 9.71. The third-order valence-corrected chi connectivity index (χ3v) is 7.99. The van der Waals surface area contributed by atoms with Gasteiger partial charge in [0.15, 0.2) is 0 Å². The molecule has 3 saturated heterocycles. The van der Waals surface area contributed by atoms with Crippen LogP contribution in [0.15, 0.2) is 18.2 Å². The van der Waals surface area contributed by atoms with E-state index in [1.165, 1.54) is 4.90 Å². The van der Waals surface area contributed by atoms with Crippen LogP contribution in [0, 0.1) is 30.1 Å². The Morgan fingerprint density at radius 1 is 1.33 bits per heavy atom. The van der Waals surface area contributed by atoms with Crippen molar-refractivity contribution in [2.45, 2.75) is 69.5 Å². The van der Waals surface area contributed by atoms with Crippen LogP contribution in [0.4, 0.5) is 14.5 Å². The fraction of sp³-hybridized carbons (Fsp3) is 0.600. The standard InChI is InChI=1S/C25H30ClF2N5O3/c1-14-19(26)5-2-6-20(14)31-13-21(34)33-17-7-8-18(25(27,28)11-17)22(33)24(36)32-16(12-29)10-15-4-3-9-30-23(15)35/h2,5-6,15-18,22,31H,3-4,7-11,13H2,1H3,(H,30,35)(H,32,36)/t15-,16-,17-,18-,22+/m0/s1. The molecule has 5 rings (SSSR count). The summed E-state index contributed by atoms with van der Waals surface area (Å²) >= 11 is 6.14. The Bertz CT molecular complexity index is 1080. The Morgan fingerprint density at radius 2 is 2.11 bits per heavy atom. The molecule has 1 aromatic rings. The van der Waals surface area contributed by atoms with Crippen molar-refractivity contribution in [3.63, 3.8) is 0 Å². The molecule has 2 bridgehead atoms. The van der Waals surface area contributed by atoms with Crippen molar-refractivity contribution in [3.05, 3.63) is 28.8 Å². The van der Waals surface area contributed by atoms with E-state index in [9.17, 15) is 28.4 Å². The van der Waals surface area contributed by atoms with Crippen LogP contribution in [0.3, 0.4) is 0 Å². The number of hydrogen-bond donors (Lipinski definition) is 3. The van der Waals surface area contributed by atoms with Gasteiger partial charge in [-0.3, -0.25) is 14.4 Å². The zero-order valence-electron chi connectivity index (χ0n) is 20.0. The minimum absolute atomic E-state index is 0.0921. The highest BCUT2D eigenvalue weighted by Crippen LogP contribution is 2.49. The summed E-state index contributed by atoms with van der Waals surface area (Å²) in [5.74, 6) is -6.30. The second-order valence-corrected chi connectivity index (χ2v) is 10.3. The van der Waals surface area contributed by atoms with Gasteiger partial charge in [0.2, 0.25) is 17.7 Å². The molecule has 3 heterocycles. The van der Waals surface area contributed by atoms with Gasteiger partial charge in [0.25, 0.3) is 5.92 Å². The molecule has 4 fully saturated rings. The highest BCUT2D eigenvalue weighted by atomic mass is 35.5. The molecular weight excluding hydrogens is 492 g/mol. The van der Waals surface area contributed by atoms with Crippen LogP contribution < -0.4 is 16.0 Å². The number of alkyl halides is 2. The third kappa shape index (κ3) is 5.26. The number of anilines is 1. The molecule has 36 heavy (non-hydrogen) atoms. The van der Waals surface area contributed by atoms with E-state index < -0.39 is 54.1 Å². The average Bonchev–Trinajstić information content (AvgIpc) is 2.84. The fourth-order valence-electron chi connectivity index (χ4n) is 5.67. The summed E-state index contributed by atoms with van der Waals surface area (Å²) in [4.78, 5) is 40.0. The van der Waals surface area contributed by atoms with E-state index in [1.54, 1.807) is 25.1 Å². The van der Waals surface area contributed by atoms with Crippen molar-refractivity contribution in [1.29, 1.82) is 5.26 Å². The number of nitriles is 1. The molecule has 3 N–H and O–H groups in total. The second-order valence-electron chi connectivity index (χ2n) is 9.87. The molecule has 0 spiro atoms. The highest BCUT2D eigenvalue weighted by molar-refractivity contribution is 6.31. The molecule has 1 aromatic carbocycles. The van der Waals surface area contributed by atoms with Gasteiger partial charge in [0.05, 0.1) is 18.5 Å². The first kappa shape index (κ1) is 26.1. The van der Waals surface area contributed by atoms with Gasteiger partial charge in [-0.2, -0.15) is 5.26 Å². The number of halogens is 3. The Balaban J connectivity index is 1.50. The molecule has 3 amide bonds. The summed E-state index contributed by atoms with van der Waals surface area (Å²) in [7, 11) is 0. The number of rotatable bonds is 7. The monoisotopic (exact) mass is 521 g/mol. The Hall–Kier alpha value is -2.93. The third-order valence-electron chi connectivity index (χ3n) is 7.58. The molecule has 8 nitrogen and oxygen atoms in total. The predicted octanol–water partition coefficient (Wildman–Crippen LogP) is 3.00. The second kappa shape index (κ2) is 10.6.